The molecule has 2 aromatic rings. The molecule has 0 saturated heterocycles. The van der Waals surface area contributed by atoms with E-state index in [1.807, 2.05) is 6.07 Å². The van der Waals surface area contributed by atoms with Gasteiger partial charge in [-0.1, -0.05) is 17.7 Å². The summed E-state index contributed by atoms with van der Waals surface area (Å²) in [6, 6.07) is 9.09. The average molecular weight is 336 g/mol. The molecular weight excluding hydrogens is 316 g/mol. The lowest BCUT2D eigenvalue weighted by Gasteiger charge is -2.07. The van der Waals surface area contributed by atoms with E-state index in [2.05, 4.69) is 24.4 Å². The highest BCUT2D eigenvalue weighted by Gasteiger charge is 2.13. The highest BCUT2D eigenvalue weighted by Crippen LogP contribution is 2.20. The summed E-state index contributed by atoms with van der Waals surface area (Å²) in [6.07, 6.45) is 0.974. The molecule has 0 aliphatic carbocycles. The lowest BCUT2D eigenvalue weighted by Crippen LogP contribution is -3.05. The number of rotatable bonds is 8. The molecule has 6 nitrogen and oxygen atoms in total. The number of nitrogens with one attached hydrogen (secondary N) is 2. The summed E-state index contributed by atoms with van der Waals surface area (Å²) in [4.78, 5) is 5.50. The summed E-state index contributed by atoms with van der Waals surface area (Å²) < 4.78 is 11.1. The lowest BCUT2D eigenvalue weighted by molar-refractivity contribution is -0.858. The van der Waals surface area contributed by atoms with Crippen molar-refractivity contribution in [1.29, 1.82) is 5.26 Å². The molecule has 2 N–H and O–H groups in total. The fourth-order valence-corrected chi connectivity index (χ4v) is 2.15. The van der Waals surface area contributed by atoms with Crippen LogP contribution >= 0.6 is 11.6 Å². The normalized spacial score (nSPS) is 10.6. The minimum Gasteiger partial charge on any atom is -0.484 e. The summed E-state index contributed by atoms with van der Waals surface area (Å²) in [6.45, 7) is 1.90. The second kappa shape index (κ2) is 8.42. The number of halogens is 1. The molecular formula is C16H20ClN4O2+. The molecule has 0 amide bonds. The van der Waals surface area contributed by atoms with Crippen LogP contribution in [0.3, 0.4) is 0 Å². The monoisotopic (exact) mass is 335 g/mol. The van der Waals surface area contributed by atoms with Gasteiger partial charge in [-0.2, -0.15) is 10.2 Å². The Bertz CT molecular complexity index is 679. The molecule has 1 aromatic heterocycles. The predicted molar refractivity (Wildman–Crippen MR) is 87.8 cm³/mol. The Labute approximate surface area is 140 Å². The van der Waals surface area contributed by atoms with Crippen LogP contribution in [0.2, 0.25) is 5.02 Å². The third-order valence-corrected chi connectivity index (χ3v) is 3.31. The Morgan fingerprint density at radius 3 is 2.96 bits per heavy atom. The van der Waals surface area contributed by atoms with Crippen molar-refractivity contribution >= 4 is 17.5 Å². The van der Waals surface area contributed by atoms with Crippen molar-refractivity contribution in [3.8, 4) is 11.8 Å². The van der Waals surface area contributed by atoms with Gasteiger partial charge in [-0.05, 0) is 18.2 Å². The number of aromatic nitrogens is 1. The molecule has 0 spiro atoms. The van der Waals surface area contributed by atoms with Gasteiger partial charge in [-0.25, -0.2) is 0 Å². The third kappa shape index (κ3) is 5.47. The quantitative estimate of drug-likeness (QED) is 0.718. The maximum absolute atomic E-state index is 9.12. The summed E-state index contributed by atoms with van der Waals surface area (Å²) in [5.74, 6) is 1.37. The van der Waals surface area contributed by atoms with Gasteiger partial charge in [0.25, 0.3) is 0 Å². The van der Waals surface area contributed by atoms with E-state index in [1.165, 1.54) is 4.90 Å². The number of oxazole rings is 1. The van der Waals surface area contributed by atoms with Crippen LogP contribution in [-0.4, -0.2) is 32.2 Å². The maximum atomic E-state index is 9.12. The number of hydrogen-bond donors (Lipinski definition) is 2. The van der Waals surface area contributed by atoms with Gasteiger partial charge in [0.1, 0.15) is 11.8 Å². The molecule has 0 aliphatic heterocycles. The molecule has 0 fully saturated rings. The van der Waals surface area contributed by atoms with Crippen molar-refractivity contribution in [3.05, 3.63) is 40.9 Å². The number of ether oxygens (including phenoxy) is 1. The second-order valence-electron chi connectivity index (χ2n) is 5.38. The van der Waals surface area contributed by atoms with E-state index >= 15 is 0 Å². The molecule has 2 rings (SSSR count). The van der Waals surface area contributed by atoms with E-state index in [9.17, 15) is 0 Å². The molecule has 0 saturated carbocycles. The van der Waals surface area contributed by atoms with Crippen molar-refractivity contribution in [2.75, 3.05) is 32.5 Å². The Kier molecular flexibility index (Phi) is 6.27. The van der Waals surface area contributed by atoms with Crippen molar-refractivity contribution in [2.45, 2.75) is 13.0 Å². The molecule has 0 bridgehead atoms. The van der Waals surface area contributed by atoms with Gasteiger partial charge in [0, 0.05) is 18.0 Å². The van der Waals surface area contributed by atoms with Crippen LogP contribution in [0.25, 0.3) is 0 Å². The lowest BCUT2D eigenvalue weighted by atomic mass is 10.3. The zero-order valence-corrected chi connectivity index (χ0v) is 14.0. The minimum absolute atomic E-state index is 0.137. The predicted octanol–water partition coefficient (Wildman–Crippen LogP) is 1.73. The molecule has 23 heavy (non-hydrogen) atoms. The van der Waals surface area contributed by atoms with Crippen LogP contribution < -0.4 is 15.0 Å². The first-order chi connectivity index (χ1) is 11.1. The highest BCUT2D eigenvalue weighted by molar-refractivity contribution is 6.30. The van der Waals surface area contributed by atoms with E-state index in [1.54, 1.807) is 24.3 Å². The van der Waals surface area contributed by atoms with Gasteiger partial charge in [-0.3, -0.25) is 0 Å². The highest BCUT2D eigenvalue weighted by atomic mass is 35.5. The maximum Gasteiger partial charge on any atom is 0.236 e. The largest absolute Gasteiger partial charge is 0.484 e. The first kappa shape index (κ1) is 17.1. The van der Waals surface area contributed by atoms with E-state index in [0.717, 1.165) is 19.5 Å². The van der Waals surface area contributed by atoms with Gasteiger partial charge in [0.05, 0.1) is 20.6 Å². The van der Waals surface area contributed by atoms with Crippen LogP contribution in [0, 0.1) is 11.3 Å². The van der Waals surface area contributed by atoms with E-state index < -0.39 is 0 Å². The SMILES string of the molecule is C[NH+](C)CCCNc1oc(COc2cccc(Cl)c2)nc1C#N. The molecule has 0 atom stereocenters. The second-order valence-corrected chi connectivity index (χ2v) is 5.82. The first-order valence-corrected chi connectivity index (χ1v) is 7.77. The number of quaternary nitrogens is 1. The summed E-state index contributed by atoms with van der Waals surface area (Å²) >= 11 is 5.90. The summed E-state index contributed by atoms with van der Waals surface area (Å²) in [5, 5.41) is 12.8. The van der Waals surface area contributed by atoms with Crippen LogP contribution in [0.15, 0.2) is 28.7 Å². The molecule has 1 aromatic carbocycles. The molecule has 7 heteroatoms. The Hall–Kier alpha value is -2.23. The topological polar surface area (TPSA) is 75.5 Å². The van der Waals surface area contributed by atoms with Gasteiger partial charge in [0.15, 0.2) is 6.61 Å². The zero-order valence-electron chi connectivity index (χ0n) is 13.2. The number of hydrogen-bond acceptors (Lipinski definition) is 5. The van der Waals surface area contributed by atoms with Crippen LogP contribution in [0.5, 0.6) is 5.75 Å². The van der Waals surface area contributed by atoms with Gasteiger partial charge >= 0.3 is 0 Å². The standard InChI is InChI=1S/C16H19ClN4O2/c1-21(2)8-4-7-19-16-14(10-18)20-15(23-16)11-22-13-6-3-5-12(17)9-13/h3,5-6,9,19H,4,7-8,11H2,1-2H3/p+1. The van der Waals surface area contributed by atoms with E-state index in [4.69, 9.17) is 26.0 Å². The van der Waals surface area contributed by atoms with Crippen LogP contribution in [0.4, 0.5) is 5.88 Å². The molecule has 122 valence electrons. The van der Waals surface area contributed by atoms with Gasteiger partial charge in [-0.15, -0.1) is 0 Å². The van der Waals surface area contributed by atoms with Crippen molar-refractivity contribution in [2.24, 2.45) is 0 Å². The Morgan fingerprint density at radius 1 is 1.43 bits per heavy atom. The van der Waals surface area contributed by atoms with Crippen LogP contribution in [0.1, 0.15) is 18.0 Å². The fourth-order valence-electron chi connectivity index (χ4n) is 1.97. The van der Waals surface area contributed by atoms with Crippen molar-refractivity contribution in [3.63, 3.8) is 0 Å². The van der Waals surface area contributed by atoms with Crippen molar-refractivity contribution < 1.29 is 14.1 Å². The van der Waals surface area contributed by atoms with E-state index in [0.29, 0.717) is 22.5 Å². The third-order valence-electron chi connectivity index (χ3n) is 3.07. The zero-order chi connectivity index (χ0) is 16.7. The van der Waals surface area contributed by atoms with Crippen LogP contribution in [-0.2, 0) is 6.61 Å². The Morgan fingerprint density at radius 2 is 2.26 bits per heavy atom. The number of nitriles is 1. The van der Waals surface area contributed by atoms with Crippen molar-refractivity contribution in [1.82, 2.24) is 4.98 Å². The molecule has 0 aliphatic rings. The Balaban J connectivity index is 1.91. The summed E-state index contributed by atoms with van der Waals surface area (Å²) in [7, 11) is 4.20. The average Bonchev–Trinajstić information content (AvgIpc) is 2.92. The molecule has 1 heterocycles. The van der Waals surface area contributed by atoms with Gasteiger partial charge < -0.3 is 19.4 Å². The van der Waals surface area contributed by atoms with Gasteiger partial charge in [0.2, 0.25) is 17.5 Å². The smallest absolute Gasteiger partial charge is 0.236 e. The molecule has 0 radical (unpaired) electrons. The van der Waals surface area contributed by atoms with E-state index in [-0.39, 0.29) is 12.3 Å². The minimum atomic E-state index is 0.137. The molecule has 0 unspecified atom stereocenters. The first-order valence-electron chi connectivity index (χ1n) is 7.39. The summed E-state index contributed by atoms with van der Waals surface area (Å²) in [5.41, 5.74) is 0.242. The number of anilines is 1. The number of nitrogens with zero attached hydrogens (tertiary/aromatic N) is 2. The fraction of sp³-hybridized carbons (Fsp3) is 0.375. The number of benzene rings is 1.